The Hall–Kier alpha value is -0.940. The summed E-state index contributed by atoms with van der Waals surface area (Å²) in [4.78, 5) is 0. The summed E-state index contributed by atoms with van der Waals surface area (Å²) in [5, 5.41) is 9.22. The molecule has 1 N–H and O–H groups in total. The fraction of sp³-hybridized carbons (Fsp3) is 0.600. The first-order valence-corrected chi connectivity index (χ1v) is 6.67. The zero-order valence-corrected chi connectivity index (χ0v) is 11.5. The molecule has 0 radical (unpaired) electrons. The Bertz CT molecular complexity index is 377. The van der Waals surface area contributed by atoms with E-state index in [-0.39, 0.29) is 18.8 Å². The molecule has 0 unspecified atom stereocenters. The van der Waals surface area contributed by atoms with Crippen LogP contribution in [0.2, 0.25) is 0 Å². The third kappa shape index (κ3) is 4.58. The molecule has 19 heavy (non-hydrogen) atoms. The van der Waals surface area contributed by atoms with Gasteiger partial charge in [0.2, 0.25) is 0 Å². The van der Waals surface area contributed by atoms with E-state index in [0.29, 0.717) is 19.6 Å². The van der Waals surface area contributed by atoms with Gasteiger partial charge in [-0.3, -0.25) is 0 Å². The van der Waals surface area contributed by atoms with Gasteiger partial charge in [0, 0.05) is 6.42 Å². The van der Waals surface area contributed by atoms with E-state index >= 15 is 0 Å². The predicted octanol–water partition coefficient (Wildman–Crippen LogP) is 2.11. The lowest BCUT2D eigenvalue weighted by atomic mass is 10.1. The van der Waals surface area contributed by atoms with Crippen LogP contribution in [0.25, 0.3) is 0 Å². The van der Waals surface area contributed by atoms with E-state index in [1.165, 1.54) is 0 Å². The van der Waals surface area contributed by atoms with Gasteiger partial charge in [-0.2, -0.15) is 0 Å². The maximum atomic E-state index is 9.22. The van der Waals surface area contributed by atoms with Gasteiger partial charge in [-0.15, -0.1) is 0 Å². The summed E-state index contributed by atoms with van der Waals surface area (Å²) in [5.41, 5.74) is 1.15. The van der Waals surface area contributed by atoms with E-state index in [4.69, 9.17) is 14.2 Å². The van der Waals surface area contributed by atoms with Gasteiger partial charge in [0.15, 0.2) is 5.79 Å². The first kappa shape index (κ1) is 14.5. The largest absolute Gasteiger partial charge is 0.394 e. The zero-order chi connectivity index (χ0) is 13.7. The molecule has 0 bridgehead atoms. The first-order valence-electron chi connectivity index (χ1n) is 6.67. The highest BCUT2D eigenvalue weighted by Crippen LogP contribution is 2.26. The van der Waals surface area contributed by atoms with E-state index < -0.39 is 5.79 Å². The Balaban J connectivity index is 1.79. The molecule has 1 aliphatic heterocycles. The number of aliphatic hydroxyl groups excluding tert-OH is 1. The number of ether oxygens (including phenoxy) is 3. The number of benzene rings is 1. The zero-order valence-electron chi connectivity index (χ0n) is 11.5. The Kier molecular flexibility index (Phi) is 4.93. The molecule has 1 aromatic rings. The summed E-state index contributed by atoms with van der Waals surface area (Å²) in [6.45, 7) is 4.82. The van der Waals surface area contributed by atoms with Gasteiger partial charge >= 0.3 is 0 Å². The van der Waals surface area contributed by atoms with Gasteiger partial charge in [-0.05, 0) is 19.4 Å². The maximum absolute atomic E-state index is 9.22. The van der Waals surface area contributed by atoms with E-state index in [1.54, 1.807) is 0 Å². The van der Waals surface area contributed by atoms with Crippen molar-refractivity contribution in [2.45, 2.75) is 44.9 Å². The van der Waals surface area contributed by atoms with Crippen LogP contribution < -0.4 is 0 Å². The molecule has 1 saturated heterocycles. The number of aliphatic hydroxyl groups is 1. The summed E-state index contributed by atoms with van der Waals surface area (Å²) in [6, 6.07) is 10.0. The molecule has 4 nitrogen and oxygen atoms in total. The van der Waals surface area contributed by atoms with E-state index in [9.17, 15) is 5.11 Å². The molecule has 0 amide bonds. The molecule has 0 aliphatic carbocycles. The van der Waals surface area contributed by atoms with Crippen LogP contribution in [0.5, 0.6) is 0 Å². The lowest BCUT2D eigenvalue weighted by molar-refractivity contribution is -0.309. The van der Waals surface area contributed by atoms with E-state index in [0.717, 1.165) is 5.56 Å². The standard InChI is InChI=1S/C15H22O4/c1-15(2)18-13(9-16)8-14(19-15)11-17-10-12-6-4-3-5-7-12/h3-7,13-14,16H,8-11H2,1-2H3/t13-,14+/m1/s1. The second-order valence-electron chi connectivity index (χ2n) is 5.30. The van der Waals surface area contributed by atoms with Gasteiger partial charge in [-0.1, -0.05) is 30.3 Å². The lowest BCUT2D eigenvalue weighted by Gasteiger charge is -2.40. The number of hydrogen-bond donors (Lipinski definition) is 1. The maximum Gasteiger partial charge on any atom is 0.163 e. The van der Waals surface area contributed by atoms with Crippen molar-refractivity contribution in [3.63, 3.8) is 0 Å². The van der Waals surface area contributed by atoms with Crippen LogP contribution in [0, 0.1) is 0 Å². The fourth-order valence-electron chi connectivity index (χ4n) is 2.32. The topological polar surface area (TPSA) is 47.9 Å². The van der Waals surface area contributed by atoms with Crippen LogP contribution in [0.3, 0.4) is 0 Å². The molecule has 4 heteroatoms. The van der Waals surface area contributed by atoms with Crippen LogP contribution in [0.1, 0.15) is 25.8 Å². The fourth-order valence-corrected chi connectivity index (χ4v) is 2.32. The quantitative estimate of drug-likeness (QED) is 0.886. The summed E-state index contributed by atoms with van der Waals surface area (Å²) >= 11 is 0. The van der Waals surface area contributed by atoms with Crippen molar-refractivity contribution >= 4 is 0 Å². The molecule has 0 aromatic heterocycles. The number of hydrogen-bond acceptors (Lipinski definition) is 4. The van der Waals surface area contributed by atoms with Crippen LogP contribution >= 0.6 is 0 Å². The molecule has 1 heterocycles. The van der Waals surface area contributed by atoms with Crippen molar-refractivity contribution in [1.29, 1.82) is 0 Å². The highest BCUT2D eigenvalue weighted by molar-refractivity contribution is 5.13. The third-order valence-electron chi connectivity index (χ3n) is 3.05. The minimum Gasteiger partial charge on any atom is -0.394 e. The van der Waals surface area contributed by atoms with Crippen LogP contribution in [-0.4, -0.2) is 36.3 Å². The normalized spacial score (nSPS) is 26.3. The predicted molar refractivity (Wildman–Crippen MR) is 71.6 cm³/mol. The number of rotatable bonds is 5. The van der Waals surface area contributed by atoms with Crippen molar-refractivity contribution in [1.82, 2.24) is 0 Å². The average molecular weight is 266 g/mol. The van der Waals surface area contributed by atoms with Gasteiger partial charge in [-0.25, -0.2) is 0 Å². The highest BCUT2D eigenvalue weighted by Gasteiger charge is 2.35. The van der Waals surface area contributed by atoms with Crippen molar-refractivity contribution in [2.24, 2.45) is 0 Å². The van der Waals surface area contributed by atoms with Crippen LogP contribution in [0.15, 0.2) is 30.3 Å². The molecular weight excluding hydrogens is 244 g/mol. The van der Waals surface area contributed by atoms with Crippen molar-refractivity contribution < 1.29 is 19.3 Å². The highest BCUT2D eigenvalue weighted by atomic mass is 16.7. The summed E-state index contributed by atoms with van der Waals surface area (Å²) in [6.07, 6.45) is 0.452. The molecule has 106 valence electrons. The van der Waals surface area contributed by atoms with Crippen LogP contribution in [-0.2, 0) is 20.8 Å². The summed E-state index contributed by atoms with van der Waals surface area (Å²) in [7, 11) is 0. The van der Waals surface area contributed by atoms with Crippen molar-refractivity contribution in [3.05, 3.63) is 35.9 Å². The second-order valence-corrected chi connectivity index (χ2v) is 5.30. The third-order valence-corrected chi connectivity index (χ3v) is 3.05. The Morgan fingerprint density at radius 3 is 2.58 bits per heavy atom. The van der Waals surface area contributed by atoms with Crippen molar-refractivity contribution in [2.75, 3.05) is 13.2 Å². The summed E-state index contributed by atoms with van der Waals surface area (Å²) in [5.74, 6) is -0.660. The smallest absolute Gasteiger partial charge is 0.163 e. The minimum absolute atomic E-state index is 0.0158. The molecule has 1 fully saturated rings. The average Bonchev–Trinajstić information content (AvgIpc) is 2.38. The molecule has 2 rings (SSSR count). The minimum atomic E-state index is -0.660. The van der Waals surface area contributed by atoms with E-state index in [2.05, 4.69) is 0 Å². The Morgan fingerprint density at radius 2 is 1.89 bits per heavy atom. The molecule has 1 aromatic carbocycles. The molecular formula is C15H22O4. The van der Waals surface area contributed by atoms with Gasteiger partial charge in [0.05, 0.1) is 32.0 Å². The van der Waals surface area contributed by atoms with Gasteiger partial charge < -0.3 is 19.3 Å². The second kappa shape index (κ2) is 6.48. The SMILES string of the molecule is CC1(C)O[C@H](COCc2ccccc2)C[C@H](CO)O1. The summed E-state index contributed by atoms with van der Waals surface area (Å²) < 4.78 is 17.1. The van der Waals surface area contributed by atoms with E-state index in [1.807, 2.05) is 44.2 Å². The molecule has 2 atom stereocenters. The monoisotopic (exact) mass is 266 g/mol. The Labute approximate surface area is 114 Å². The molecule has 0 spiro atoms. The van der Waals surface area contributed by atoms with Crippen LogP contribution in [0.4, 0.5) is 0 Å². The lowest BCUT2D eigenvalue weighted by Crippen LogP contribution is -2.47. The van der Waals surface area contributed by atoms with Gasteiger partial charge in [0.25, 0.3) is 0 Å². The molecule has 0 saturated carbocycles. The Morgan fingerprint density at radius 1 is 1.21 bits per heavy atom. The first-order chi connectivity index (χ1) is 9.09. The van der Waals surface area contributed by atoms with Gasteiger partial charge in [0.1, 0.15) is 0 Å². The van der Waals surface area contributed by atoms with Crippen molar-refractivity contribution in [3.8, 4) is 0 Å². The molecule has 1 aliphatic rings.